The first-order valence-corrected chi connectivity index (χ1v) is 6.48. The maximum atomic E-state index is 11.5. The van der Waals surface area contributed by atoms with Crippen molar-refractivity contribution in [2.45, 2.75) is 24.5 Å². The van der Waals surface area contributed by atoms with Gasteiger partial charge in [0, 0.05) is 12.8 Å². The van der Waals surface area contributed by atoms with Crippen LogP contribution in [0.25, 0.3) is 0 Å². The van der Waals surface area contributed by atoms with Crippen molar-refractivity contribution < 1.29 is 9.53 Å². The minimum absolute atomic E-state index is 0.200. The molecular formula is C10H18N4O2S. The lowest BCUT2D eigenvalue weighted by Crippen LogP contribution is -2.36. The quantitative estimate of drug-likeness (QED) is 0.565. The molecule has 1 unspecified atom stereocenters. The molecule has 7 heteroatoms. The summed E-state index contributed by atoms with van der Waals surface area (Å²) in [4.78, 5) is 15.6. The molecule has 0 saturated heterocycles. The summed E-state index contributed by atoms with van der Waals surface area (Å²) in [5.41, 5.74) is 0. The van der Waals surface area contributed by atoms with Gasteiger partial charge in [0.25, 0.3) is 0 Å². The van der Waals surface area contributed by atoms with Crippen LogP contribution in [0.3, 0.4) is 0 Å². The van der Waals surface area contributed by atoms with Crippen molar-refractivity contribution >= 4 is 17.7 Å². The summed E-state index contributed by atoms with van der Waals surface area (Å²) >= 11 is 1.57. The zero-order valence-corrected chi connectivity index (χ0v) is 11.2. The molecule has 0 saturated carbocycles. The molecule has 0 radical (unpaired) electrons. The molecule has 1 aromatic rings. The monoisotopic (exact) mass is 258 g/mol. The highest BCUT2D eigenvalue weighted by Gasteiger charge is 2.17. The fraction of sp³-hybridized carbons (Fsp3) is 0.700. The van der Waals surface area contributed by atoms with Gasteiger partial charge in [0.1, 0.15) is 12.4 Å². The highest BCUT2D eigenvalue weighted by molar-refractivity contribution is 7.99. The minimum atomic E-state index is -0.254. The Labute approximate surface area is 105 Å². The van der Waals surface area contributed by atoms with Gasteiger partial charge in [-0.05, 0) is 20.4 Å². The molecule has 1 aromatic heterocycles. The molecule has 0 aliphatic heterocycles. The Morgan fingerprint density at radius 2 is 2.47 bits per heavy atom. The van der Waals surface area contributed by atoms with E-state index >= 15 is 0 Å². The summed E-state index contributed by atoms with van der Waals surface area (Å²) in [7, 11) is 3.60. The van der Waals surface area contributed by atoms with E-state index in [0.29, 0.717) is 13.0 Å². The van der Waals surface area contributed by atoms with Crippen LogP contribution in [0.5, 0.6) is 0 Å². The van der Waals surface area contributed by atoms with Gasteiger partial charge in [0.05, 0.1) is 6.61 Å². The predicted molar refractivity (Wildman–Crippen MR) is 65.8 cm³/mol. The molecule has 0 aliphatic carbocycles. The van der Waals surface area contributed by atoms with Crippen molar-refractivity contribution in [3.63, 3.8) is 0 Å². The van der Waals surface area contributed by atoms with Crippen LogP contribution >= 0.6 is 11.8 Å². The van der Waals surface area contributed by atoms with Crippen molar-refractivity contribution in [2.75, 3.05) is 19.4 Å². The standard InChI is InChI=1S/C10H18N4O2S/c1-4-16-9(15)8(11-2)5-6-17-10-12-7-13-14(10)3/h7-8,11H,4-6H2,1-3H3. The van der Waals surface area contributed by atoms with Gasteiger partial charge in [0.2, 0.25) is 0 Å². The van der Waals surface area contributed by atoms with E-state index in [9.17, 15) is 4.79 Å². The van der Waals surface area contributed by atoms with Gasteiger partial charge in [-0.3, -0.25) is 4.79 Å². The highest BCUT2D eigenvalue weighted by Crippen LogP contribution is 2.15. The third-order valence-corrected chi connectivity index (χ3v) is 3.29. The lowest BCUT2D eigenvalue weighted by molar-refractivity contribution is -0.145. The number of nitrogens with zero attached hydrogens (tertiary/aromatic N) is 3. The number of nitrogens with one attached hydrogen (secondary N) is 1. The van der Waals surface area contributed by atoms with E-state index in [1.165, 1.54) is 6.33 Å². The largest absolute Gasteiger partial charge is 0.465 e. The Hall–Kier alpha value is -1.08. The molecule has 0 aliphatic rings. The fourth-order valence-corrected chi connectivity index (χ4v) is 2.20. The molecule has 96 valence electrons. The normalized spacial score (nSPS) is 12.4. The third-order valence-electron chi connectivity index (χ3n) is 2.23. The van der Waals surface area contributed by atoms with Crippen LogP contribution in [0.1, 0.15) is 13.3 Å². The smallest absolute Gasteiger partial charge is 0.323 e. The van der Waals surface area contributed by atoms with E-state index in [2.05, 4.69) is 15.4 Å². The zero-order chi connectivity index (χ0) is 12.7. The van der Waals surface area contributed by atoms with E-state index in [1.54, 1.807) is 30.4 Å². The fourth-order valence-electron chi connectivity index (χ4n) is 1.31. The molecule has 0 amide bonds. The van der Waals surface area contributed by atoms with Gasteiger partial charge in [-0.15, -0.1) is 0 Å². The SMILES string of the molecule is CCOC(=O)C(CCSc1ncnn1C)NC. The Balaban J connectivity index is 2.33. The van der Waals surface area contributed by atoms with Gasteiger partial charge in [-0.1, -0.05) is 11.8 Å². The molecule has 0 fully saturated rings. The van der Waals surface area contributed by atoms with Crippen molar-refractivity contribution in [3.8, 4) is 0 Å². The number of hydrogen-bond acceptors (Lipinski definition) is 6. The lowest BCUT2D eigenvalue weighted by Gasteiger charge is -2.13. The second-order valence-corrected chi connectivity index (χ2v) is 4.46. The van der Waals surface area contributed by atoms with Crippen LogP contribution in [0, 0.1) is 0 Å². The van der Waals surface area contributed by atoms with Gasteiger partial charge in [-0.25, -0.2) is 9.67 Å². The van der Waals surface area contributed by atoms with E-state index in [1.807, 2.05) is 7.05 Å². The number of aryl methyl sites for hydroxylation is 1. The molecule has 1 atom stereocenters. The van der Waals surface area contributed by atoms with Crippen LogP contribution in [0.2, 0.25) is 0 Å². The number of esters is 1. The average Bonchev–Trinajstić information content (AvgIpc) is 2.71. The van der Waals surface area contributed by atoms with Gasteiger partial charge in [0.15, 0.2) is 5.16 Å². The van der Waals surface area contributed by atoms with E-state index in [-0.39, 0.29) is 12.0 Å². The second-order valence-electron chi connectivity index (χ2n) is 3.40. The summed E-state index contributed by atoms with van der Waals surface area (Å²) in [5.74, 6) is 0.588. The van der Waals surface area contributed by atoms with E-state index in [0.717, 1.165) is 10.9 Å². The van der Waals surface area contributed by atoms with Crippen molar-refractivity contribution in [2.24, 2.45) is 7.05 Å². The number of ether oxygens (including phenoxy) is 1. The van der Waals surface area contributed by atoms with Crippen LogP contribution < -0.4 is 5.32 Å². The van der Waals surface area contributed by atoms with Crippen LogP contribution in [-0.4, -0.2) is 46.2 Å². The minimum Gasteiger partial charge on any atom is -0.465 e. The van der Waals surface area contributed by atoms with Crippen molar-refractivity contribution in [1.29, 1.82) is 0 Å². The molecule has 1 rings (SSSR count). The number of aromatic nitrogens is 3. The first-order chi connectivity index (χ1) is 8.19. The highest BCUT2D eigenvalue weighted by atomic mass is 32.2. The zero-order valence-electron chi connectivity index (χ0n) is 10.3. The summed E-state index contributed by atoms with van der Waals surface area (Å²) in [5, 5.41) is 7.78. The van der Waals surface area contributed by atoms with Gasteiger partial charge < -0.3 is 10.1 Å². The lowest BCUT2D eigenvalue weighted by atomic mass is 10.2. The first kappa shape index (κ1) is 14.0. The van der Waals surface area contributed by atoms with Crippen LogP contribution in [0.15, 0.2) is 11.5 Å². The summed E-state index contributed by atoms with van der Waals surface area (Å²) < 4.78 is 6.67. The summed E-state index contributed by atoms with van der Waals surface area (Å²) in [6.45, 7) is 2.21. The van der Waals surface area contributed by atoms with Crippen molar-refractivity contribution in [3.05, 3.63) is 6.33 Å². The molecule has 0 spiro atoms. The maximum absolute atomic E-state index is 11.5. The average molecular weight is 258 g/mol. The molecule has 1 heterocycles. The number of rotatable bonds is 7. The third kappa shape index (κ3) is 4.35. The number of carbonyl (C=O) groups excluding carboxylic acids is 1. The number of likely N-dealkylation sites (N-methyl/N-ethyl adjacent to an activating group) is 1. The maximum Gasteiger partial charge on any atom is 0.323 e. The molecule has 17 heavy (non-hydrogen) atoms. The Morgan fingerprint density at radius 1 is 1.71 bits per heavy atom. The van der Waals surface area contributed by atoms with Crippen molar-refractivity contribution in [1.82, 2.24) is 20.1 Å². The Bertz CT molecular complexity index is 356. The topological polar surface area (TPSA) is 69.0 Å². The van der Waals surface area contributed by atoms with Gasteiger partial charge >= 0.3 is 5.97 Å². The van der Waals surface area contributed by atoms with E-state index in [4.69, 9.17) is 4.74 Å². The molecular weight excluding hydrogens is 240 g/mol. The number of carbonyl (C=O) groups is 1. The number of thioether (sulfide) groups is 1. The van der Waals surface area contributed by atoms with Crippen LogP contribution in [0.4, 0.5) is 0 Å². The Morgan fingerprint density at radius 3 is 3.00 bits per heavy atom. The summed E-state index contributed by atoms with van der Waals surface area (Å²) in [6.07, 6.45) is 2.22. The molecule has 0 bridgehead atoms. The summed E-state index contributed by atoms with van der Waals surface area (Å²) in [6, 6.07) is -0.254. The van der Waals surface area contributed by atoms with Crippen LogP contribution in [-0.2, 0) is 16.6 Å². The first-order valence-electron chi connectivity index (χ1n) is 5.49. The molecule has 6 nitrogen and oxygen atoms in total. The second kappa shape index (κ2) is 7.29. The number of hydrogen-bond donors (Lipinski definition) is 1. The van der Waals surface area contributed by atoms with Gasteiger partial charge in [-0.2, -0.15) is 5.10 Å². The molecule has 1 N–H and O–H groups in total. The predicted octanol–water partition coefficient (Wildman–Crippen LogP) is 0.448. The molecule has 0 aromatic carbocycles. The van der Waals surface area contributed by atoms with E-state index < -0.39 is 0 Å². The Kier molecular flexibility index (Phi) is 5.99.